The van der Waals surface area contributed by atoms with Gasteiger partial charge >= 0.3 is 7.60 Å². The summed E-state index contributed by atoms with van der Waals surface area (Å²) in [5.41, 5.74) is 0. The molecule has 0 unspecified atom stereocenters. The van der Waals surface area contributed by atoms with Crippen molar-refractivity contribution in [3.05, 3.63) is 0 Å². The normalized spacial score (nSPS) is 31.1. The quantitative estimate of drug-likeness (QED) is 0.664. The topological polar surface area (TPSA) is 59.3 Å². The SMILES string of the molecule is CCOP(=O)(OCC)[C@]1(C)C[C@H]1C#N. The molecule has 5 heteroatoms. The van der Waals surface area contributed by atoms with Crippen LogP contribution in [-0.2, 0) is 13.6 Å². The Labute approximate surface area is 84.7 Å². The molecule has 14 heavy (non-hydrogen) atoms. The fraction of sp³-hybridized carbons (Fsp3) is 0.889. The average Bonchev–Trinajstić information content (AvgIpc) is 2.80. The first-order valence-electron chi connectivity index (χ1n) is 4.83. The Bertz CT molecular complexity index is 289. The molecule has 1 saturated carbocycles. The second kappa shape index (κ2) is 4.02. The monoisotopic (exact) mass is 217 g/mol. The number of nitrogens with zero attached hydrogens (tertiary/aromatic N) is 1. The van der Waals surface area contributed by atoms with E-state index in [-0.39, 0.29) is 5.92 Å². The summed E-state index contributed by atoms with van der Waals surface area (Å²) >= 11 is 0. The van der Waals surface area contributed by atoms with E-state index in [0.717, 1.165) is 0 Å². The summed E-state index contributed by atoms with van der Waals surface area (Å²) < 4.78 is 22.7. The maximum Gasteiger partial charge on any atom is 0.337 e. The van der Waals surface area contributed by atoms with Gasteiger partial charge in [-0.3, -0.25) is 4.57 Å². The number of rotatable bonds is 5. The fourth-order valence-electron chi connectivity index (χ4n) is 1.51. The minimum Gasteiger partial charge on any atom is -0.308 e. The van der Waals surface area contributed by atoms with Gasteiger partial charge in [-0.25, -0.2) is 0 Å². The van der Waals surface area contributed by atoms with Gasteiger partial charge in [-0.05, 0) is 27.2 Å². The van der Waals surface area contributed by atoms with E-state index in [4.69, 9.17) is 14.3 Å². The molecule has 4 nitrogen and oxygen atoms in total. The van der Waals surface area contributed by atoms with Crippen LogP contribution in [0.4, 0.5) is 0 Å². The van der Waals surface area contributed by atoms with Crippen LogP contribution in [0.15, 0.2) is 0 Å². The van der Waals surface area contributed by atoms with Gasteiger partial charge in [0.15, 0.2) is 0 Å². The van der Waals surface area contributed by atoms with Crippen molar-refractivity contribution in [1.29, 1.82) is 5.26 Å². The lowest BCUT2D eigenvalue weighted by molar-refractivity contribution is 0.210. The van der Waals surface area contributed by atoms with Crippen molar-refractivity contribution in [2.45, 2.75) is 32.3 Å². The lowest BCUT2D eigenvalue weighted by Crippen LogP contribution is -2.12. The Balaban J connectivity index is 2.80. The Morgan fingerprint density at radius 1 is 1.50 bits per heavy atom. The van der Waals surface area contributed by atoms with E-state index in [2.05, 4.69) is 6.07 Å². The molecule has 0 saturated heterocycles. The first-order valence-corrected chi connectivity index (χ1v) is 6.37. The first-order chi connectivity index (χ1) is 6.54. The summed E-state index contributed by atoms with van der Waals surface area (Å²) in [5, 5.41) is 8.18. The average molecular weight is 217 g/mol. The van der Waals surface area contributed by atoms with Crippen LogP contribution >= 0.6 is 7.60 Å². The van der Waals surface area contributed by atoms with Crippen LogP contribution in [0.5, 0.6) is 0 Å². The van der Waals surface area contributed by atoms with E-state index in [1.54, 1.807) is 20.8 Å². The highest BCUT2D eigenvalue weighted by molar-refractivity contribution is 7.56. The number of hydrogen-bond acceptors (Lipinski definition) is 4. The van der Waals surface area contributed by atoms with Gasteiger partial charge in [0.05, 0.1) is 30.4 Å². The van der Waals surface area contributed by atoms with Crippen molar-refractivity contribution in [3.63, 3.8) is 0 Å². The van der Waals surface area contributed by atoms with Crippen molar-refractivity contribution in [3.8, 4) is 6.07 Å². The lowest BCUT2D eigenvalue weighted by atomic mass is 10.4. The van der Waals surface area contributed by atoms with Crippen LogP contribution in [0.1, 0.15) is 27.2 Å². The molecular formula is C9H16NO3P. The van der Waals surface area contributed by atoms with Crippen LogP contribution in [0, 0.1) is 17.2 Å². The van der Waals surface area contributed by atoms with Gasteiger partial charge in [0.2, 0.25) is 0 Å². The number of nitriles is 1. The van der Waals surface area contributed by atoms with E-state index in [9.17, 15) is 4.57 Å². The van der Waals surface area contributed by atoms with E-state index in [1.165, 1.54) is 0 Å². The zero-order valence-electron chi connectivity index (χ0n) is 8.82. The van der Waals surface area contributed by atoms with E-state index < -0.39 is 12.8 Å². The molecule has 0 aromatic carbocycles. The molecule has 0 heterocycles. The summed E-state index contributed by atoms with van der Waals surface area (Å²) in [4.78, 5) is 0. The van der Waals surface area contributed by atoms with Crippen LogP contribution in [0.2, 0.25) is 0 Å². The third-order valence-electron chi connectivity index (χ3n) is 2.59. The predicted octanol–water partition coefficient (Wildman–Crippen LogP) is 2.55. The largest absolute Gasteiger partial charge is 0.337 e. The Morgan fingerprint density at radius 3 is 2.29 bits per heavy atom. The third-order valence-corrected chi connectivity index (χ3v) is 5.53. The zero-order chi connectivity index (χ0) is 10.8. The summed E-state index contributed by atoms with van der Waals surface area (Å²) in [6.45, 7) is 6.06. The maximum atomic E-state index is 12.3. The van der Waals surface area contributed by atoms with Crippen molar-refractivity contribution >= 4 is 7.60 Å². The minimum atomic E-state index is -3.09. The molecule has 0 N–H and O–H groups in total. The molecule has 1 aliphatic carbocycles. The van der Waals surface area contributed by atoms with Crippen molar-refractivity contribution in [1.82, 2.24) is 0 Å². The van der Waals surface area contributed by atoms with Crippen LogP contribution < -0.4 is 0 Å². The summed E-state index contributed by atoms with van der Waals surface area (Å²) in [5.74, 6) is -0.188. The highest BCUT2D eigenvalue weighted by Crippen LogP contribution is 2.73. The van der Waals surface area contributed by atoms with Gasteiger partial charge in [-0.1, -0.05) is 0 Å². The van der Waals surface area contributed by atoms with Crippen LogP contribution in [-0.4, -0.2) is 18.4 Å². The van der Waals surface area contributed by atoms with Gasteiger partial charge in [0.1, 0.15) is 0 Å². The molecule has 0 aromatic rings. The second-order valence-corrected chi connectivity index (χ2v) is 6.11. The van der Waals surface area contributed by atoms with Crippen molar-refractivity contribution in [2.24, 2.45) is 5.92 Å². The van der Waals surface area contributed by atoms with Crippen molar-refractivity contribution in [2.75, 3.05) is 13.2 Å². The standard InChI is InChI=1S/C9H16NO3P/c1-4-12-14(11,13-5-2)9(3)6-8(9)7-10/h8H,4-6H2,1-3H3/t8-,9+/m0/s1. The van der Waals surface area contributed by atoms with Gasteiger partial charge < -0.3 is 9.05 Å². The molecule has 0 aliphatic heterocycles. The molecule has 0 radical (unpaired) electrons. The molecule has 1 rings (SSSR count). The fourth-order valence-corrected chi connectivity index (χ4v) is 3.70. The van der Waals surface area contributed by atoms with Gasteiger partial charge in [0, 0.05) is 0 Å². The van der Waals surface area contributed by atoms with Gasteiger partial charge in [0.25, 0.3) is 0 Å². The van der Waals surface area contributed by atoms with Crippen molar-refractivity contribution < 1.29 is 13.6 Å². The smallest absolute Gasteiger partial charge is 0.308 e. The summed E-state index contributed by atoms with van der Waals surface area (Å²) in [6.07, 6.45) is 0.612. The predicted molar refractivity (Wildman–Crippen MR) is 53.0 cm³/mol. The minimum absolute atomic E-state index is 0.188. The van der Waals surface area contributed by atoms with E-state index in [1.807, 2.05) is 0 Å². The summed E-state index contributed by atoms with van der Waals surface area (Å²) in [7, 11) is -3.09. The van der Waals surface area contributed by atoms with E-state index in [0.29, 0.717) is 19.6 Å². The maximum absolute atomic E-state index is 12.3. The second-order valence-electron chi connectivity index (χ2n) is 3.58. The highest BCUT2D eigenvalue weighted by Gasteiger charge is 2.65. The molecule has 80 valence electrons. The molecule has 0 aromatic heterocycles. The van der Waals surface area contributed by atoms with E-state index >= 15 is 0 Å². The number of hydrogen-bond donors (Lipinski definition) is 0. The molecule has 0 amide bonds. The lowest BCUT2D eigenvalue weighted by Gasteiger charge is -2.22. The third kappa shape index (κ3) is 1.72. The molecule has 0 bridgehead atoms. The molecule has 2 atom stereocenters. The molecule has 1 aliphatic rings. The molecule has 0 spiro atoms. The van der Waals surface area contributed by atoms with Gasteiger partial charge in [-0.2, -0.15) is 5.26 Å². The first kappa shape index (κ1) is 11.7. The van der Waals surface area contributed by atoms with Crippen LogP contribution in [0.3, 0.4) is 0 Å². The molecule has 1 fully saturated rings. The Kier molecular flexibility index (Phi) is 3.36. The Hall–Kier alpha value is -0.360. The van der Waals surface area contributed by atoms with Crippen LogP contribution in [0.25, 0.3) is 0 Å². The zero-order valence-corrected chi connectivity index (χ0v) is 9.71. The summed E-state index contributed by atoms with van der Waals surface area (Å²) in [6, 6.07) is 2.12. The Morgan fingerprint density at radius 2 is 2.00 bits per heavy atom. The molecular weight excluding hydrogens is 201 g/mol. The highest BCUT2D eigenvalue weighted by atomic mass is 31.2. The van der Waals surface area contributed by atoms with Gasteiger partial charge in [-0.15, -0.1) is 0 Å².